The molecule has 41 heavy (non-hydrogen) atoms. The Morgan fingerprint density at radius 3 is 2.59 bits per heavy atom. The summed E-state index contributed by atoms with van der Waals surface area (Å²) in [6.45, 7) is 0. The smallest absolute Gasteiger partial charge is 0.255 e. The zero-order chi connectivity index (χ0) is 27.9. The molecule has 11 heteroatoms. The van der Waals surface area contributed by atoms with Crippen molar-refractivity contribution in [2.75, 3.05) is 5.32 Å². The molecule has 5 aromatic heterocycles. The van der Waals surface area contributed by atoms with Crippen LogP contribution >= 0.6 is 0 Å². The van der Waals surface area contributed by atoms with E-state index in [4.69, 9.17) is 4.98 Å². The number of halogens is 1. The van der Waals surface area contributed by atoms with E-state index in [1.807, 2.05) is 18.2 Å². The highest BCUT2D eigenvalue weighted by Crippen LogP contribution is 2.33. The minimum Gasteiger partial charge on any atom is -0.508 e. The summed E-state index contributed by atoms with van der Waals surface area (Å²) in [5, 5.41) is 20.9. The summed E-state index contributed by atoms with van der Waals surface area (Å²) in [6, 6.07) is 18.2. The largest absolute Gasteiger partial charge is 0.508 e. The lowest BCUT2D eigenvalue weighted by Crippen LogP contribution is -2.11. The normalized spacial score (nSPS) is 11.2. The van der Waals surface area contributed by atoms with Gasteiger partial charge in [0.25, 0.3) is 5.91 Å². The number of carbonyl (C=O) groups is 1. The number of hydrogen-bond acceptors (Lipinski definition) is 7. The molecular formula is C30H19FN8O2. The first kappa shape index (κ1) is 24.1. The lowest BCUT2D eigenvalue weighted by molar-refractivity contribution is 0.102. The molecule has 7 aromatic rings. The van der Waals surface area contributed by atoms with Gasteiger partial charge in [0.2, 0.25) is 0 Å². The van der Waals surface area contributed by atoms with E-state index in [1.165, 1.54) is 12.1 Å². The van der Waals surface area contributed by atoms with Crippen molar-refractivity contribution in [2.24, 2.45) is 0 Å². The molecule has 10 nitrogen and oxygen atoms in total. The Bertz CT molecular complexity index is 2070. The number of nitrogens with one attached hydrogen (secondary N) is 3. The van der Waals surface area contributed by atoms with E-state index >= 15 is 0 Å². The van der Waals surface area contributed by atoms with Gasteiger partial charge in [-0.15, -0.1) is 0 Å². The van der Waals surface area contributed by atoms with Crippen molar-refractivity contribution in [3.05, 3.63) is 103 Å². The molecular weight excluding hydrogens is 523 g/mol. The summed E-state index contributed by atoms with van der Waals surface area (Å²) in [5.74, 6) is -0.557. The number of phenolic OH excluding ortho intramolecular Hbond substituents is 1. The number of imidazole rings is 1. The maximum Gasteiger partial charge on any atom is 0.255 e. The number of pyridine rings is 3. The predicted octanol–water partition coefficient (Wildman–Crippen LogP) is 5.72. The molecule has 0 aliphatic carbocycles. The number of nitrogens with zero attached hydrogens (tertiary/aromatic N) is 5. The maximum atomic E-state index is 14.0. The zero-order valence-corrected chi connectivity index (χ0v) is 21.1. The van der Waals surface area contributed by atoms with Crippen molar-refractivity contribution in [3.8, 4) is 39.7 Å². The van der Waals surface area contributed by atoms with Gasteiger partial charge in [0.1, 0.15) is 22.8 Å². The average Bonchev–Trinajstić information content (AvgIpc) is 3.61. The first-order chi connectivity index (χ1) is 20.0. The van der Waals surface area contributed by atoms with Crippen LogP contribution in [0.3, 0.4) is 0 Å². The molecule has 0 aliphatic heterocycles. The topological polar surface area (TPSA) is 145 Å². The van der Waals surface area contributed by atoms with Gasteiger partial charge in [-0.2, -0.15) is 5.10 Å². The summed E-state index contributed by atoms with van der Waals surface area (Å²) in [4.78, 5) is 33.8. The number of amides is 1. The van der Waals surface area contributed by atoms with Crippen LogP contribution in [-0.2, 0) is 0 Å². The number of aromatic nitrogens is 7. The minimum absolute atomic E-state index is 0.204. The van der Waals surface area contributed by atoms with Crippen molar-refractivity contribution < 1.29 is 14.3 Å². The van der Waals surface area contributed by atoms with Crippen LogP contribution in [-0.4, -0.2) is 46.1 Å². The molecule has 0 unspecified atom stereocenters. The van der Waals surface area contributed by atoms with Gasteiger partial charge in [0, 0.05) is 46.9 Å². The number of aromatic amines is 2. The zero-order valence-electron chi connectivity index (χ0n) is 21.1. The summed E-state index contributed by atoms with van der Waals surface area (Å²) >= 11 is 0. The van der Waals surface area contributed by atoms with Crippen molar-refractivity contribution in [1.82, 2.24) is 35.1 Å². The molecule has 0 bridgehead atoms. The Balaban J connectivity index is 1.25. The quantitative estimate of drug-likeness (QED) is 0.218. The van der Waals surface area contributed by atoms with Crippen molar-refractivity contribution in [3.63, 3.8) is 0 Å². The molecule has 0 fully saturated rings. The van der Waals surface area contributed by atoms with Gasteiger partial charge < -0.3 is 15.4 Å². The molecule has 5 heterocycles. The molecule has 7 rings (SSSR count). The number of anilines is 1. The molecule has 1 amide bonds. The Morgan fingerprint density at radius 2 is 1.73 bits per heavy atom. The molecule has 0 saturated heterocycles. The van der Waals surface area contributed by atoms with Gasteiger partial charge in [0.05, 0.1) is 28.5 Å². The molecule has 198 valence electrons. The summed E-state index contributed by atoms with van der Waals surface area (Å²) in [7, 11) is 0. The van der Waals surface area contributed by atoms with E-state index in [-0.39, 0.29) is 11.7 Å². The predicted molar refractivity (Wildman–Crippen MR) is 151 cm³/mol. The van der Waals surface area contributed by atoms with Gasteiger partial charge in [-0.25, -0.2) is 14.4 Å². The second-order valence-corrected chi connectivity index (χ2v) is 9.31. The van der Waals surface area contributed by atoms with Crippen LogP contribution in [0.15, 0.2) is 91.5 Å². The van der Waals surface area contributed by atoms with Crippen LogP contribution in [0.25, 0.3) is 56.0 Å². The van der Waals surface area contributed by atoms with E-state index in [1.54, 1.807) is 55.1 Å². The second kappa shape index (κ2) is 9.65. The standard InChI is InChI=1S/C30H19FN8O2/c31-20-8-17(10-22(40)12-20)25-27-24(6-7-33-25)36-29(37-27)26-23-11-19(14-34-28(23)39-38-26)18-9-21(15-32-13-18)35-30(41)16-4-2-1-3-5-16/h1-15,40H,(H,35,41)(H,36,37)(H,34,38,39). The fourth-order valence-electron chi connectivity index (χ4n) is 4.67. The van der Waals surface area contributed by atoms with Crippen LogP contribution in [0.5, 0.6) is 5.75 Å². The third-order valence-electron chi connectivity index (χ3n) is 6.56. The van der Waals surface area contributed by atoms with E-state index in [0.29, 0.717) is 56.1 Å². The number of hydrogen-bond donors (Lipinski definition) is 4. The molecule has 0 atom stereocenters. The van der Waals surface area contributed by atoms with E-state index in [2.05, 4.69) is 35.5 Å². The third-order valence-corrected chi connectivity index (χ3v) is 6.56. The van der Waals surface area contributed by atoms with E-state index < -0.39 is 5.82 Å². The van der Waals surface area contributed by atoms with Crippen molar-refractivity contribution in [2.45, 2.75) is 0 Å². The van der Waals surface area contributed by atoms with Crippen LogP contribution in [0.4, 0.5) is 10.1 Å². The molecule has 0 radical (unpaired) electrons. The van der Waals surface area contributed by atoms with Gasteiger partial charge in [-0.3, -0.25) is 19.9 Å². The van der Waals surface area contributed by atoms with Crippen LogP contribution in [0.1, 0.15) is 10.4 Å². The average molecular weight is 543 g/mol. The fourth-order valence-corrected chi connectivity index (χ4v) is 4.67. The summed E-state index contributed by atoms with van der Waals surface area (Å²) in [6.07, 6.45) is 6.55. The monoisotopic (exact) mass is 542 g/mol. The Hall–Kier alpha value is -5.97. The minimum atomic E-state index is -0.579. The van der Waals surface area contributed by atoms with Gasteiger partial charge >= 0.3 is 0 Å². The summed E-state index contributed by atoms with van der Waals surface area (Å²) in [5.41, 5.74) is 5.66. The molecule has 0 spiro atoms. The van der Waals surface area contributed by atoms with Gasteiger partial charge in [-0.05, 0) is 42.5 Å². The number of rotatable bonds is 5. The number of aromatic hydroxyl groups is 1. The van der Waals surface area contributed by atoms with Crippen molar-refractivity contribution >= 4 is 33.7 Å². The van der Waals surface area contributed by atoms with Gasteiger partial charge in [-0.1, -0.05) is 18.2 Å². The fraction of sp³-hybridized carbons (Fsp3) is 0. The third kappa shape index (κ3) is 4.51. The van der Waals surface area contributed by atoms with Gasteiger partial charge in [0.15, 0.2) is 11.5 Å². The SMILES string of the molecule is O=C(Nc1cncc(-c2cnc3[nH]nc(-c4nc5c(-c6cc(O)cc(F)c6)nccc5[nH]4)c3c2)c1)c1ccccc1. The molecule has 4 N–H and O–H groups in total. The first-order valence-electron chi connectivity index (χ1n) is 12.5. The highest BCUT2D eigenvalue weighted by Gasteiger charge is 2.18. The molecule has 2 aromatic carbocycles. The highest BCUT2D eigenvalue weighted by molar-refractivity contribution is 6.04. The Kier molecular flexibility index (Phi) is 5.67. The molecule has 0 saturated carbocycles. The Morgan fingerprint density at radius 1 is 0.878 bits per heavy atom. The van der Waals surface area contributed by atoms with E-state index in [9.17, 15) is 14.3 Å². The number of phenols is 1. The lowest BCUT2D eigenvalue weighted by Gasteiger charge is -2.07. The maximum absolute atomic E-state index is 14.0. The number of carbonyl (C=O) groups excluding carboxylic acids is 1. The van der Waals surface area contributed by atoms with Crippen LogP contribution < -0.4 is 5.32 Å². The lowest BCUT2D eigenvalue weighted by atomic mass is 10.1. The van der Waals surface area contributed by atoms with Crippen LogP contribution in [0.2, 0.25) is 0 Å². The highest BCUT2D eigenvalue weighted by atomic mass is 19.1. The Labute approximate surface area is 231 Å². The molecule has 0 aliphatic rings. The van der Waals surface area contributed by atoms with Crippen LogP contribution in [0, 0.1) is 5.82 Å². The number of benzene rings is 2. The number of fused-ring (bicyclic) bond motifs is 2. The summed E-state index contributed by atoms with van der Waals surface area (Å²) < 4.78 is 14.0. The van der Waals surface area contributed by atoms with Crippen molar-refractivity contribution in [1.29, 1.82) is 0 Å². The first-order valence-corrected chi connectivity index (χ1v) is 12.5. The van der Waals surface area contributed by atoms with E-state index in [0.717, 1.165) is 17.2 Å². The second-order valence-electron chi connectivity index (χ2n) is 9.31. The number of H-pyrrole nitrogens is 2.